The second kappa shape index (κ2) is 14.5. The van der Waals surface area contributed by atoms with E-state index in [0.29, 0.717) is 29.9 Å². The smallest absolute Gasteiger partial charge is 0.244 e. The summed E-state index contributed by atoms with van der Waals surface area (Å²) in [6.45, 7) is 10.0. The number of anilines is 1. The molecule has 39 heavy (non-hydrogen) atoms. The molecule has 7 heteroatoms. The van der Waals surface area contributed by atoms with Gasteiger partial charge in [-0.2, -0.15) is 0 Å². The third-order valence-electron chi connectivity index (χ3n) is 6.30. The summed E-state index contributed by atoms with van der Waals surface area (Å²) in [6, 6.07) is 12.8. The van der Waals surface area contributed by atoms with Crippen LogP contribution in [0.1, 0.15) is 53.7 Å². The summed E-state index contributed by atoms with van der Waals surface area (Å²) in [5.41, 5.74) is 8.85. The molecule has 1 amide bonds. The summed E-state index contributed by atoms with van der Waals surface area (Å²) in [6.07, 6.45) is 3.09. The number of aliphatic hydroxyl groups excluding tert-OH is 1. The Morgan fingerprint density at radius 3 is 2.51 bits per heavy atom. The van der Waals surface area contributed by atoms with E-state index in [1.54, 1.807) is 30.5 Å². The molecule has 2 aromatic carbocycles. The highest BCUT2D eigenvalue weighted by molar-refractivity contribution is 5.96. The number of nitrogens with zero attached hydrogens (tertiary/aromatic N) is 2. The fourth-order valence-corrected chi connectivity index (χ4v) is 3.97. The van der Waals surface area contributed by atoms with Crippen LogP contribution >= 0.6 is 0 Å². The van der Waals surface area contributed by atoms with Crippen molar-refractivity contribution in [3.63, 3.8) is 0 Å². The van der Waals surface area contributed by atoms with E-state index in [2.05, 4.69) is 59.3 Å². The molecule has 4 N–H and O–H groups in total. The summed E-state index contributed by atoms with van der Waals surface area (Å²) in [5.74, 6) is 12.2. The van der Waals surface area contributed by atoms with E-state index < -0.39 is 6.10 Å². The molecule has 1 unspecified atom stereocenters. The maximum absolute atomic E-state index is 12.6. The van der Waals surface area contributed by atoms with Gasteiger partial charge in [-0.15, -0.1) is 0 Å². The summed E-state index contributed by atoms with van der Waals surface area (Å²) in [7, 11) is 0. The lowest BCUT2D eigenvalue weighted by Crippen LogP contribution is -2.32. The number of hydrogen-bond donors (Lipinski definition) is 3. The van der Waals surface area contributed by atoms with Crippen LogP contribution < -0.4 is 11.1 Å². The number of nitrogens with one attached hydrogen (secondary N) is 1. The summed E-state index contributed by atoms with van der Waals surface area (Å²) in [5, 5.41) is 14.6. The fourth-order valence-electron chi connectivity index (χ4n) is 3.97. The number of ketones is 1. The Morgan fingerprint density at radius 1 is 1.10 bits per heavy atom. The fraction of sp³-hybridized carbons (Fsp3) is 0.281. The van der Waals surface area contributed by atoms with Crippen molar-refractivity contribution < 1.29 is 14.7 Å². The third kappa shape index (κ3) is 8.55. The van der Waals surface area contributed by atoms with Gasteiger partial charge in [-0.1, -0.05) is 62.3 Å². The molecule has 3 aromatic rings. The number of aromatic nitrogens is 1. The van der Waals surface area contributed by atoms with Gasteiger partial charge in [0.15, 0.2) is 5.78 Å². The Hall–Kier alpha value is -4.43. The SMILES string of the molecule is C=CC(=O)NCC#Cc1ccc2cnc(N)c(C#Cc3ccc(C(=O)CCC(O)CN(CC)CC)cc3)c2c1. The molecule has 0 fully saturated rings. The van der Waals surface area contributed by atoms with Crippen LogP contribution in [-0.2, 0) is 4.79 Å². The lowest BCUT2D eigenvalue weighted by atomic mass is 10.0. The molecule has 0 saturated carbocycles. The normalized spacial score (nSPS) is 11.2. The summed E-state index contributed by atoms with van der Waals surface area (Å²) < 4.78 is 0. The molecule has 0 aliphatic rings. The lowest BCUT2D eigenvalue weighted by Gasteiger charge is -2.21. The molecule has 1 heterocycles. The van der Waals surface area contributed by atoms with Gasteiger partial charge >= 0.3 is 0 Å². The minimum absolute atomic E-state index is 0.00620. The largest absolute Gasteiger partial charge is 0.392 e. The highest BCUT2D eigenvalue weighted by Crippen LogP contribution is 2.23. The van der Waals surface area contributed by atoms with Gasteiger partial charge in [0.05, 0.1) is 18.2 Å². The van der Waals surface area contributed by atoms with Crippen molar-refractivity contribution in [2.45, 2.75) is 32.8 Å². The van der Waals surface area contributed by atoms with Crippen molar-refractivity contribution in [1.82, 2.24) is 15.2 Å². The number of benzene rings is 2. The number of aliphatic hydroxyl groups is 1. The standard InChI is InChI=1S/C32H34N4O3/c1-4-31(39)34-19-7-8-24-11-15-26-21-35-32(33)28(29(26)20-24)17-12-23-9-13-25(14-10-23)30(38)18-16-27(37)22-36(5-2)6-3/h4,9-11,13-15,20-21,27,37H,1,5-6,16,18-19,22H2,2-3H3,(H2,33,35)(H,34,39). The lowest BCUT2D eigenvalue weighted by molar-refractivity contribution is -0.116. The van der Waals surface area contributed by atoms with Gasteiger partial charge in [0, 0.05) is 46.6 Å². The van der Waals surface area contributed by atoms with Crippen LogP contribution in [0.15, 0.2) is 61.3 Å². The number of nitrogens with two attached hydrogens (primary N) is 1. The maximum atomic E-state index is 12.6. The van der Waals surface area contributed by atoms with Crippen LogP contribution in [-0.4, -0.2) is 59.0 Å². The topological polar surface area (TPSA) is 109 Å². The van der Waals surface area contributed by atoms with E-state index in [0.717, 1.165) is 35.0 Å². The van der Waals surface area contributed by atoms with Gasteiger partial charge in [0.25, 0.3) is 0 Å². The van der Waals surface area contributed by atoms with Gasteiger partial charge in [-0.05, 0) is 49.9 Å². The Kier molecular flexibility index (Phi) is 10.8. The van der Waals surface area contributed by atoms with Crippen molar-refractivity contribution >= 4 is 28.3 Å². The Morgan fingerprint density at radius 2 is 1.82 bits per heavy atom. The molecular formula is C32H34N4O3. The predicted molar refractivity (Wildman–Crippen MR) is 156 cm³/mol. The van der Waals surface area contributed by atoms with Crippen LogP contribution in [0.3, 0.4) is 0 Å². The van der Waals surface area contributed by atoms with E-state index in [1.165, 1.54) is 6.08 Å². The molecule has 1 atom stereocenters. The zero-order valence-corrected chi connectivity index (χ0v) is 22.5. The van der Waals surface area contributed by atoms with Crippen LogP contribution in [0, 0.1) is 23.7 Å². The van der Waals surface area contributed by atoms with E-state index in [1.807, 2.05) is 18.2 Å². The van der Waals surface area contributed by atoms with E-state index in [-0.39, 0.29) is 24.7 Å². The van der Waals surface area contributed by atoms with Crippen LogP contribution in [0.5, 0.6) is 0 Å². The van der Waals surface area contributed by atoms with Crippen LogP contribution in [0.2, 0.25) is 0 Å². The van der Waals surface area contributed by atoms with Gasteiger partial charge in [-0.25, -0.2) is 4.98 Å². The third-order valence-corrected chi connectivity index (χ3v) is 6.30. The summed E-state index contributed by atoms with van der Waals surface area (Å²) >= 11 is 0. The highest BCUT2D eigenvalue weighted by atomic mass is 16.3. The molecule has 1 aromatic heterocycles. The van der Waals surface area contributed by atoms with Crippen molar-refractivity contribution in [1.29, 1.82) is 0 Å². The number of pyridine rings is 1. The molecule has 7 nitrogen and oxygen atoms in total. The Balaban J connectivity index is 1.72. The van der Waals surface area contributed by atoms with Crippen molar-refractivity contribution in [3.05, 3.63) is 83.6 Å². The number of amides is 1. The molecule has 0 bridgehead atoms. The minimum Gasteiger partial charge on any atom is -0.392 e. The number of carbonyl (C=O) groups is 2. The molecule has 0 aliphatic carbocycles. The van der Waals surface area contributed by atoms with Crippen molar-refractivity contribution in [2.24, 2.45) is 0 Å². The number of carbonyl (C=O) groups excluding carboxylic acids is 2. The Bertz CT molecular complexity index is 1450. The number of hydrogen-bond acceptors (Lipinski definition) is 6. The molecular weight excluding hydrogens is 488 g/mol. The van der Waals surface area contributed by atoms with Crippen LogP contribution in [0.4, 0.5) is 5.82 Å². The van der Waals surface area contributed by atoms with Crippen LogP contribution in [0.25, 0.3) is 10.8 Å². The van der Waals surface area contributed by atoms with Crippen molar-refractivity contribution in [2.75, 3.05) is 31.9 Å². The number of Topliss-reactive ketones (excluding diaryl/α,β-unsaturated/α-hetero) is 1. The average Bonchev–Trinajstić information content (AvgIpc) is 2.96. The average molecular weight is 523 g/mol. The molecule has 0 aliphatic heterocycles. The first-order valence-corrected chi connectivity index (χ1v) is 13.0. The van der Waals surface area contributed by atoms with Gasteiger partial charge in [0.1, 0.15) is 5.82 Å². The van der Waals surface area contributed by atoms with Gasteiger partial charge < -0.3 is 21.1 Å². The molecule has 0 saturated heterocycles. The molecule has 0 radical (unpaired) electrons. The number of rotatable bonds is 10. The van der Waals surface area contributed by atoms with Gasteiger partial charge in [0.2, 0.25) is 5.91 Å². The molecule has 200 valence electrons. The van der Waals surface area contributed by atoms with Crippen molar-refractivity contribution in [3.8, 4) is 23.7 Å². The quantitative estimate of drug-likeness (QED) is 0.214. The van der Waals surface area contributed by atoms with Gasteiger partial charge in [-0.3, -0.25) is 9.59 Å². The first-order valence-electron chi connectivity index (χ1n) is 13.0. The second-order valence-electron chi connectivity index (χ2n) is 8.97. The second-order valence-corrected chi connectivity index (χ2v) is 8.97. The first kappa shape index (κ1) is 29.1. The zero-order chi connectivity index (χ0) is 28.2. The van der Waals surface area contributed by atoms with E-state index >= 15 is 0 Å². The number of nitrogen functional groups attached to an aromatic ring is 1. The summed E-state index contributed by atoms with van der Waals surface area (Å²) in [4.78, 5) is 30.3. The Labute approximate surface area is 230 Å². The minimum atomic E-state index is -0.525. The molecule has 3 rings (SSSR count). The zero-order valence-electron chi connectivity index (χ0n) is 22.5. The predicted octanol–water partition coefficient (Wildman–Crippen LogP) is 3.54. The highest BCUT2D eigenvalue weighted by Gasteiger charge is 2.13. The number of likely N-dealkylation sites (N-methyl/N-ethyl adjacent to an activating group) is 1. The van der Waals surface area contributed by atoms with E-state index in [4.69, 9.17) is 5.73 Å². The number of fused-ring (bicyclic) bond motifs is 1. The van der Waals surface area contributed by atoms with E-state index in [9.17, 15) is 14.7 Å². The maximum Gasteiger partial charge on any atom is 0.244 e. The monoisotopic (exact) mass is 522 g/mol. The first-order chi connectivity index (χ1) is 18.8. The molecule has 0 spiro atoms.